The van der Waals surface area contributed by atoms with E-state index in [1.807, 2.05) is 0 Å². The molecule has 1 saturated heterocycles. The highest BCUT2D eigenvalue weighted by molar-refractivity contribution is 7.12. The molecule has 0 spiro atoms. The van der Waals surface area contributed by atoms with Gasteiger partial charge >= 0.3 is 5.97 Å². The van der Waals surface area contributed by atoms with Crippen LogP contribution in [-0.2, 0) is 4.74 Å². The van der Waals surface area contributed by atoms with Gasteiger partial charge in [0, 0.05) is 11.4 Å². The average molecular weight is 256 g/mol. The largest absolute Gasteiger partial charge is 0.490 e. The molecule has 1 aromatic heterocycles. The first-order valence-corrected chi connectivity index (χ1v) is 6.47. The van der Waals surface area contributed by atoms with Crippen LogP contribution in [-0.4, -0.2) is 29.4 Å². The van der Waals surface area contributed by atoms with Crippen LogP contribution in [0.3, 0.4) is 0 Å². The average Bonchev–Trinajstić information content (AvgIpc) is 2.81. The zero-order valence-corrected chi connectivity index (χ0v) is 10.8. The first kappa shape index (κ1) is 12.4. The van der Waals surface area contributed by atoms with Crippen molar-refractivity contribution in [3.8, 4) is 5.75 Å². The quantitative estimate of drug-likeness (QED) is 0.900. The molecule has 2 rings (SSSR count). The molecular formula is C12H16O4S. The van der Waals surface area contributed by atoms with E-state index in [4.69, 9.17) is 14.6 Å². The van der Waals surface area contributed by atoms with E-state index in [9.17, 15) is 4.79 Å². The van der Waals surface area contributed by atoms with Gasteiger partial charge in [-0.1, -0.05) is 0 Å². The third kappa shape index (κ3) is 3.20. The molecule has 0 aromatic carbocycles. The smallest absolute Gasteiger partial charge is 0.346 e. The van der Waals surface area contributed by atoms with Crippen molar-refractivity contribution in [2.75, 3.05) is 6.61 Å². The second-order valence-electron chi connectivity index (χ2n) is 4.80. The standard InChI is InChI=1S/C12H16O4S/c1-12(2)4-3-8(16-12)6-15-9-5-10(11(13)14)17-7-9/h5,7-8H,3-4,6H2,1-2H3,(H,13,14). The molecule has 1 aliphatic heterocycles. The summed E-state index contributed by atoms with van der Waals surface area (Å²) in [6.07, 6.45) is 2.13. The lowest BCUT2D eigenvalue weighted by Crippen LogP contribution is -2.23. The Balaban J connectivity index is 1.84. The number of hydrogen-bond donors (Lipinski definition) is 1. The van der Waals surface area contributed by atoms with E-state index in [-0.39, 0.29) is 11.7 Å². The lowest BCUT2D eigenvalue weighted by atomic mass is 10.1. The number of carboxylic acids is 1. The molecule has 4 nitrogen and oxygen atoms in total. The summed E-state index contributed by atoms with van der Waals surface area (Å²) in [5, 5.41) is 10.5. The molecular weight excluding hydrogens is 240 g/mol. The maximum atomic E-state index is 10.7. The highest BCUT2D eigenvalue weighted by atomic mass is 32.1. The maximum Gasteiger partial charge on any atom is 0.346 e. The Morgan fingerprint density at radius 3 is 3.00 bits per heavy atom. The second-order valence-corrected chi connectivity index (χ2v) is 5.71. The van der Waals surface area contributed by atoms with Crippen LogP contribution >= 0.6 is 11.3 Å². The maximum absolute atomic E-state index is 10.7. The number of carbonyl (C=O) groups is 1. The van der Waals surface area contributed by atoms with Gasteiger partial charge in [-0.2, -0.15) is 0 Å². The molecule has 0 saturated carbocycles. The van der Waals surface area contributed by atoms with Crippen molar-refractivity contribution in [3.63, 3.8) is 0 Å². The van der Waals surface area contributed by atoms with E-state index in [0.717, 1.165) is 12.8 Å². The number of thiophene rings is 1. The Bertz CT molecular complexity index is 410. The zero-order valence-electron chi connectivity index (χ0n) is 9.93. The summed E-state index contributed by atoms with van der Waals surface area (Å²) in [5.41, 5.74) is -0.0606. The van der Waals surface area contributed by atoms with Gasteiger partial charge in [-0.25, -0.2) is 4.79 Å². The summed E-state index contributed by atoms with van der Waals surface area (Å²) in [6.45, 7) is 4.62. The van der Waals surface area contributed by atoms with Crippen molar-refractivity contribution in [1.29, 1.82) is 0 Å². The van der Waals surface area contributed by atoms with E-state index in [1.165, 1.54) is 11.3 Å². The predicted molar refractivity (Wildman–Crippen MR) is 65.0 cm³/mol. The lowest BCUT2D eigenvalue weighted by Gasteiger charge is -2.19. The number of carboxylic acid groups (broad SMARTS) is 1. The van der Waals surface area contributed by atoms with Gasteiger partial charge in [-0.3, -0.25) is 0 Å². The van der Waals surface area contributed by atoms with Gasteiger partial charge in [0.15, 0.2) is 0 Å². The number of aromatic carboxylic acids is 1. The molecule has 0 aliphatic carbocycles. The van der Waals surface area contributed by atoms with E-state index >= 15 is 0 Å². The first-order chi connectivity index (χ1) is 7.96. The van der Waals surface area contributed by atoms with Gasteiger partial charge in [-0.05, 0) is 26.7 Å². The summed E-state index contributed by atoms with van der Waals surface area (Å²) in [7, 11) is 0. The molecule has 1 aromatic rings. The summed E-state index contributed by atoms with van der Waals surface area (Å²) >= 11 is 1.17. The second kappa shape index (κ2) is 4.66. The van der Waals surface area contributed by atoms with Crippen LogP contribution in [0, 0.1) is 0 Å². The third-order valence-electron chi connectivity index (χ3n) is 2.78. The van der Waals surface area contributed by atoms with Gasteiger partial charge in [0.1, 0.15) is 17.2 Å². The highest BCUT2D eigenvalue weighted by Crippen LogP contribution is 2.30. The van der Waals surface area contributed by atoms with Crippen molar-refractivity contribution in [2.24, 2.45) is 0 Å². The molecule has 94 valence electrons. The first-order valence-electron chi connectivity index (χ1n) is 5.59. The Kier molecular flexibility index (Phi) is 3.40. The van der Waals surface area contributed by atoms with Crippen molar-refractivity contribution >= 4 is 17.3 Å². The number of rotatable bonds is 4. The fourth-order valence-electron chi connectivity index (χ4n) is 1.89. The van der Waals surface area contributed by atoms with E-state index in [1.54, 1.807) is 11.4 Å². The minimum atomic E-state index is -0.914. The van der Waals surface area contributed by atoms with Crippen molar-refractivity contribution in [3.05, 3.63) is 16.3 Å². The zero-order chi connectivity index (χ0) is 12.5. The summed E-state index contributed by atoms with van der Waals surface area (Å²) in [4.78, 5) is 11.0. The van der Waals surface area contributed by atoms with E-state index < -0.39 is 5.97 Å². The Morgan fingerprint density at radius 1 is 1.71 bits per heavy atom. The number of hydrogen-bond acceptors (Lipinski definition) is 4. The fraction of sp³-hybridized carbons (Fsp3) is 0.583. The predicted octanol–water partition coefficient (Wildman–Crippen LogP) is 2.78. The SMILES string of the molecule is CC1(C)CCC(COc2csc(C(=O)O)c2)O1. The number of ether oxygens (including phenoxy) is 2. The topological polar surface area (TPSA) is 55.8 Å². The Hall–Kier alpha value is -1.07. The molecule has 1 atom stereocenters. The van der Waals surface area contributed by atoms with Gasteiger partial charge in [0.05, 0.1) is 11.7 Å². The van der Waals surface area contributed by atoms with Crippen LogP contribution < -0.4 is 4.74 Å². The minimum absolute atomic E-state index is 0.0606. The van der Waals surface area contributed by atoms with Gasteiger partial charge < -0.3 is 14.6 Å². The Morgan fingerprint density at radius 2 is 2.47 bits per heavy atom. The van der Waals surface area contributed by atoms with Gasteiger partial charge in [0.25, 0.3) is 0 Å². The van der Waals surface area contributed by atoms with Crippen LogP contribution in [0.4, 0.5) is 0 Å². The van der Waals surface area contributed by atoms with Crippen LogP contribution in [0.15, 0.2) is 11.4 Å². The molecule has 0 amide bonds. The molecule has 17 heavy (non-hydrogen) atoms. The molecule has 2 heterocycles. The van der Waals surface area contributed by atoms with E-state index in [0.29, 0.717) is 17.2 Å². The van der Waals surface area contributed by atoms with Crippen LogP contribution in [0.5, 0.6) is 5.75 Å². The monoisotopic (exact) mass is 256 g/mol. The molecule has 1 aliphatic rings. The van der Waals surface area contributed by atoms with Gasteiger partial charge in [0.2, 0.25) is 0 Å². The van der Waals surface area contributed by atoms with Crippen LogP contribution in [0.1, 0.15) is 36.4 Å². The summed E-state index contributed by atoms with van der Waals surface area (Å²) < 4.78 is 11.3. The fourth-order valence-corrected chi connectivity index (χ4v) is 2.56. The molecule has 0 radical (unpaired) electrons. The molecule has 1 N–H and O–H groups in total. The lowest BCUT2D eigenvalue weighted by molar-refractivity contribution is -0.0326. The summed E-state index contributed by atoms with van der Waals surface area (Å²) in [6, 6.07) is 1.55. The Labute approximate surface area is 104 Å². The molecule has 1 unspecified atom stereocenters. The van der Waals surface area contributed by atoms with Crippen LogP contribution in [0.25, 0.3) is 0 Å². The molecule has 5 heteroatoms. The van der Waals surface area contributed by atoms with Crippen molar-refractivity contribution in [2.45, 2.75) is 38.4 Å². The highest BCUT2D eigenvalue weighted by Gasteiger charge is 2.31. The molecule has 0 bridgehead atoms. The van der Waals surface area contributed by atoms with Crippen LogP contribution in [0.2, 0.25) is 0 Å². The third-order valence-corrected chi connectivity index (χ3v) is 3.67. The van der Waals surface area contributed by atoms with E-state index in [2.05, 4.69) is 13.8 Å². The minimum Gasteiger partial charge on any atom is -0.490 e. The normalized spacial score (nSPS) is 22.6. The molecule has 1 fully saturated rings. The van der Waals surface area contributed by atoms with Crippen molar-refractivity contribution in [1.82, 2.24) is 0 Å². The van der Waals surface area contributed by atoms with Gasteiger partial charge in [-0.15, -0.1) is 11.3 Å². The van der Waals surface area contributed by atoms with Crippen molar-refractivity contribution < 1.29 is 19.4 Å². The summed E-state index contributed by atoms with van der Waals surface area (Å²) in [5.74, 6) is -0.302.